The summed E-state index contributed by atoms with van der Waals surface area (Å²) >= 11 is 5.78. The van der Waals surface area contributed by atoms with Crippen LogP contribution in [0.4, 0.5) is 10.1 Å². The second-order valence-electron chi connectivity index (χ2n) is 4.47. The number of aliphatic hydroxyl groups is 1. The predicted octanol–water partition coefficient (Wildman–Crippen LogP) is 3.62. The largest absolute Gasteiger partial charge is 0.494 e. The van der Waals surface area contributed by atoms with E-state index in [9.17, 15) is 14.3 Å². The molecule has 2 aromatic rings. The number of rotatable bonds is 5. The summed E-state index contributed by atoms with van der Waals surface area (Å²) in [5.41, 5.74) is 1.05. The van der Waals surface area contributed by atoms with Gasteiger partial charge < -0.3 is 15.2 Å². The van der Waals surface area contributed by atoms with Crippen LogP contribution < -0.4 is 10.1 Å². The van der Waals surface area contributed by atoms with E-state index in [-0.39, 0.29) is 17.2 Å². The summed E-state index contributed by atoms with van der Waals surface area (Å²) in [6, 6.07) is 8.90. The van der Waals surface area contributed by atoms with E-state index in [1.807, 2.05) is 6.92 Å². The number of hydrogen-bond donors (Lipinski definition) is 2. The Morgan fingerprint density at radius 1 is 1.36 bits per heavy atom. The molecule has 116 valence electrons. The van der Waals surface area contributed by atoms with E-state index in [1.165, 1.54) is 18.2 Å². The zero-order chi connectivity index (χ0) is 16.1. The van der Waals surface area contributed by atoms with Gasteiger partial charge in [0.15, 0.2) is 0 Å². The average molecular weight is 324 g/mol. The topological polar surface area (TPSA) is 58.6 Å². The Morgan fingerprint density at radius 2 is 2.14 bits per heavy atom. The molecule has 0 unspecified atom stereocenters. The fraction of sp³-hybridized carbons (Fsp3) is 0.188. The van der Waals surface area contributed by atoms with Crippen LogP contribution in [0.25, 0.3) is 0 Å². The van der Waals surface area contributed by atoms with Crippen molar-refractivity contribution in [1.29, 1.82) is 0 Å². The summed E-state index contributed by atoms with van der Waals surface area (Å²) < 4.78 is 18.7. The van der Waals surface area contributed by atoms with Crippen LogP contribution in [0.5, 0.6) is 5.75 Å². The summed E-state index contributed by atoms with van der Waals surface area (Å²) in [7, 11) is 0. The first kappa shape index (κ1) is 16.3. The number of carbonyl (C=O) groups is 1. The first-order valence-corrected chi connectivity index (χ1v) is 7.06. The highest BCUT2D eigenvalue weighted by Crippen LogP contribution is 2.25. The zero-order valence-corrected chi connectivity index (χ0v) is 12.7. The van der Waals surface area contributed by atoms with Crippen LogP contribution in [0.2, 0.25) is 5.02 Å². The molecule has 2 aromatic carbocycles. The molecule has 0 heterocycles. The Labute approximate surface area is 132 Å². The molecule has 0 fully saturated rings. The third-order valence-corrected chi connectivity index (χ3v) is 3.37. The first-order chi connectivity index (χ1) is 10.6. The number of ether oxygens (including phenoxy) is 1. The number of amides is 1. The van der Waals surface area contributed by atoms with Gasteiger partial charge >= 0.3 is 0 Å². The number of nitrogens with one attached hydrogen (secondary N) is 1. The summed E-state index contributed by atoms with van der Waals surface area (Å²) in [5, 5.41) is 11.7. The Kier molecular flexibility index (Phi) is 5.35. The monoisotopic (exact) mass is 323 g/mol. The number of carbonyl (C=O) groups excluding carboxylic acids is 1. The summed E-state index contributed by atoms with van der Waals surface area (Å²) in [4.78, 5) is 12.1. The molecule has 0 atom stereocenters. The van der Waals surface area contributed by atoms with Crippen LogP contribution in [0, 0.1) is 5.82 Å². The van der Waals surface area contributed by atoms with Gasteiger partial charge in [-0.15, -0.1) is 0 Å². The number of anilines is 1. The number of aliphatic hydroxyl groups excluding tert-OH is 1. The van der Waals surface area contributed by atoms with Crippen molar-refractivity contribution in [3.63, 3.8) is 0 Å². The minimum Gasteiger partial charge on any atom is -0.494 e. The lowest BCUT2D eigenvalue weighted by Crippen LogP contribution is -2.13. The van der Waals surface area contributed by atoms with Crippen molar-refractivity contribution in [2.75, 3.05) is 11.9 Å². The molecule has 2 N–H and O–H groups in total. The molecule has 0 radical (unpaired) electrons. The highest BCUT2D eigenvalue weighted by molar-refractivity contribution is 6.34. The molecule has 0 aromatic heterocycles. The molecule has 22 heavy (non-hydrogen) atoms. The maximum atomic E-state index is 13.4. The normalized spacial score (nSPS) is 10.4. The van der Waals surface area contributed by atoms with Gasteiger partial charge in [0.2, 0.25) is 0 Å². The lowest BCUT2D eigenvalue weighted by Gasteiger charge is -2.12. The fourth-order valence-electron chi connectivity index (χ4n) is 1.95. The van der Waals surface area contributed by atoms with Gasteiger partial charge in [0.1, 0.15) is 11.6 Å². The SMILES string of the molecule is CCOc1ccc(NC(=O)c2cccc(F)c2Cl)cc1CO. The Morgan fingerprint density at radius 3 is 2.82 bits per heavy atom. The molecule has 0 bridgehead atoms. The van der Waals surface area contributed by atoms with Gasteiger partial charge in [0, 0.05) is 11.3 Å². The minimum atomic E-state index is -0.656. The van der Waals surface area contributed by atoms with E-state index in [0.29, 0.717) is 23.6 Å². The van der Waals surface area contributed by atoms with Crippen LogP contribution in [-0.4, -0.2) is 17.6 Å². The molecule has 4 nitrogen and oxygen atoms in total. The molecule has 0 saturated heterocycles. The highest BCUT2D eigenvalue weighted by atomic mass is 35.5. The lowest BCUT2D eigenvalue weighted by molar-refractivity contribution is 0.102. The van der Waals surface area contributed by atoms with Crippen molar-refractivity contribution in [3.05, 3.63) is 58.4 Å². The van der Waals surface area contributed by atoms with Gasteiger partial charge in [0.05, 0.1) is 23.8 Å². The van der Waals surface area contributed by atoms with Gasteiger partial charge in [-0.05, 0) is 37.3 Å². The van der Waals surface area contributed by atoms with E-state index in [4.69, 9.17) is 16.3 Å². The van der Waals surface area contributed by atoms with Crippen molar-refractivity contribution in [2.45, 2.75) is 13.5 Å². The van der Waals surface area contributed by atoms with Crippen LogP contribution in [0.1, 0.15) is 22.8 Å². The van der Waals surface area contributed by atoms with E-state index in [2.05, 4.69) is 5.32 Å². The minimum absolute atomic E-state index is 0.0427. The van der Waals surface area contributed by atoms with Crippen LogP contribution in [-0.2, 0) is 6.61 Å². The van der Waals surface area contributed by atoms with Crippen LogP contribution in [0.3, 0.4) is 0 Å². The maximum absolute atomic E-state index is 13.4. The van der Waals surface area contributed by atoms with E-state index < -0.39 is 11.7 Å². The van der Waals surface area contributed by atoms with Gasteiger partial charge in [0.25, 0.3) is 5.91 Å². The van der Waals surface area contributed by atoms with Crippen LogP contribution in [0.15, 0.2) is 36.4 Å². The molecule has 0 spiro atoms. The molecule has 6 heteroatoms. The van der Waals surface area contributed by atoms with Crippen molar-refractivity contribution in [2.24, 2.45) is 0 Å². The fourth-order valence-corrected chi connectivity index (χ4v) is 2.17. The van der Waals surface area contributed by atoms with E-state index in [0.717, 1.165) is 0 Å². The molecule has 0 aliphatic carbocycles. The van der Waals surface area contributed by atoms with Gasteiger partial charge in [-0.3, -0.25) is 4.79 Å². The van der Waals surface area contributed by atoms with Gasteiger partial charge in [-0.1, -0.05) is 17.7 Å². The molecular weight excluding hydrogens is 309 g/mol. The summed E-state index contributed by atoms with van der Waals surface area (Å²) in [6.07, 6.45) is 0. The molecule has 0 saturated carbocycles. The Bertz CT molecular complexity index is 691. The standard InChI is InChI=1S/C16H15ClFNO3/c1-2-22-14-7-6-11(8-10(14)9-20)19-16(21)12-4-3-5-13(18)15(12)17/h3-8,20H,2,9H2,1H3,(H,19,21). The maximum Gasteiger partial charge on any atom is 0.257 e. The molecule has 2 rings (SSSR count). The third-order valence-electron chi connectivity index (χ3n) is 2.98. The smallest absolute Gasteiger partial charge is 0.257 e. The highest BCUT2D eigenvalue weighted by Gasteiger charge is 2.14. The molecule has 1 amide bonds. The van der Waals surface area contributed by atoms with Crippen LogP contribution >= 0.6 is 11.6 Å². The summed E-state index contributed by atoms with van der Waals surface area (Å²) in [6.45, 7) is 2.08. The second kappa shape index (κ2) is 7.24. The Balaban J connectivity index is 2.23. The zero-order valence-electron chi connectivity index (χ0n) is 11.9. The first-order valence-electron chi connectivity index (χ1n) is 6.68. The predicted molar refractivity (Wildman–Crippen MR) is 82.9 cm³/mol. The number of benzene rings is 2. The third kappa shape index (κ3) is 3.55. The average Bonchev–Trinajstić information content (AvgIpc) is 2.51. The van der Waals surface area contributed by atoms with Gasteiger partial charge in [-0.2, -0.15) is 0 Å². The van der Waals surface area contributed by atoms with E-state index >= 15 is 0 Å². The Hall–Kier alpha value is -2.11. The summed E-state index contributed by atoms with van der Waals surface area (Å²) in [5.74, 6) is -0.638. The lowest BCUT2D eigenvalue weighted by atomic mass is 10.1. The number of hydrogen-bond acceptors (Lipinski definition) is 3. The van der Waals surface area contributed by atoms with Crippen molar-refractivity contribution >= 4 is 23.2 Å². The second-order valence-corrected chi connectivity index (χ2v) is 4.85. The molecular formula is C16H15ClFNO3. The van der Waals surface area contributed by atoms with Crippen molar-refractivity contribution in [1.82, 2.24) is 0 Å². The molecule has 0 aliphatic heterocycles. The van der Waals surface area contributed by atoms with Crippen molar-refractivity contribution in [3.8, 4) is 5.75 Å². The molecule has 0 aliphatic rings. The van der Waals surface area contributed by atoms with E-state index in [1.54, 1.807) is 18.2 Å². The van der Waals surface area contributed by atoms with Crippen molar-refractivity contribution < 1.29 is 19.0 Å². The number of halogens is 2. The van der Waals surface area contributed by atoms with Gasteiger partial charge in [-0.25, -0.2) is 4.39 Å². The quantitative estimate of drug-likeness (QED) is 0.883.